The summed E-state index contributed by atoms with van der Waals surface area (Å²) in [5.74, 6) is -0.281. The third kappa shape index (κ3) is 5.44. The molecule has 0 aliphatic rings. The smallest absolute Gasteiger partial charge is 0.329 e. The number of rotatable bonds is 7. The molecular weight excluding hydrogens is 470 g/mol. The van der Waals surface area contributed by atoms with Gasteiger partial charge in [0.2, 0.25) is 0 Å². The van der Waals surface area contributed by atoms with Crippen LogP contribution in [0.5, 0.6) is 5.75 Å². The third-order valence-electron chi connectivity index (χ3n) is 4.90. The number of hydrogen-bond acceptors (Lipinski definition) is 6. The van der Waals surface area contributed by atoms with Crippen LogP contribution in [0.3, 0.4) is 0 Å². The van der Waals surface area contributed by atoms with Crippen molar-refractivity contribution in [3.63, 3.8) is 0 Å². The van der Waals surface area contributed by atoms with E-state index in [0.717, 1.165) is 6.20 Å². The van der Waals surface area contributed by atoms with E-state index in [1.807, 2.05) is 0 Å². The van der Waals surface area contributed by atoms with Crippen LogP contribution in [0.1, 0.15) is 52.3 Å². The van der Waals surface area contributed by atoms with Gasteiger partial charge in [-0.05, 0) is 45.4 Å². The minimum atomic E-state index is -2.79. The van der Waals surface area contributed by atoms with Crippen molar-refractivity contribution in [2.45, 2.75) is 52.2 Å². The Kier molecular flexibility index (Phi) is 7.40. The van der Waals surface area contributed by atoms with Crippen LogP contribution >= 0.6 is 11.6 Å². The maximum Gasteiger partial charge on any atom is 0.329 e. The number of carbonyl (C=O) groups excluding carboxylic acids is 1. The van der Waals surface area contributed by atoms with Crippen LogP contribution in [0.15, 0.2) is 41.5 Å². The quantitative estimate of drug-likeness (QED) is 0.430. The summed E-state index contributed by atoms with van der Waals surface area (Å²) in [6.45, 7) is 7.00. The first-order chi connectivity index (χ1) is 15.9. The first-order valence-electron chi connectivity index (χ1n) is 10.5. The van der Waals surface area contributed by atoms with Crippen LogP contribution in [0, 0.1) is 0 Å². The molecule has 0 bridgehead atoms. The lowest BCUT2D eigenvalue weighted by Crippen LogP contribution is -2.34. The van der Waals surface area contributed by atoms with E-state index in [0.29, 0.717) is 28.3 Å². The Balaban J connectivity index is 2.15. The monoisotopic (exact) mass is 494 g/mol. The van der Waals surface area contributed by atoms with Crippen LogP contribution in [-0.2, 0) is 9.53 Å². The number of halogens is 3. The standard InChI is InChI=1S/C23H25ClF2N4O4/c1-6-17(22(32)34-23(2,3)4)29-12-19(33-5)15(10-20(29)31)14-9-13(24)7-8-18(14)30-11-16(21(25)26)27-28-30/h7-12,17,21H,6H2,1-5H3. The molecule has 182 valence electrons. The van der Waals surface area contributed by atoms with E-state index < -0.39 is 35.3 Å². The summed E-state index contributed by atoms with van der Waals surface area (Å²) in [4.78, 5) is 25.8. The average molecular weight is 495 g/mol. The van der Waals surface area contributed by atoms with Crippen molar-refractivity contribution in [1.29, 1.82) is 0 Å². The molecule has 0 saturated heterocycles. The van der Waals surface area contributed by atoms with E-state index in [1.165, 1.54) is 28.6 Å². The van der Waals surface area contributed by atoms with Crippen LogP contribution in [0.25, 0.3) is 16.8 Å². The van der Waals surface area contributed by atoms with Gasteiger partial charge in [-0.15, -0.1) is 5.10 Å². The molecule has 0 N–H and O–H groups in total. The van der Waals surface area contributed by atoms with Gasteiger partial charge in [0.05, 0.1) is 25.2 Å². The Hall–Kier alpha value is -3.27. The lowest BCUT2D eigenvalue weighted by Gasteiger charge is -2.25. The van der Waals surface area contributed by atoms with E-state index in [4.69, 9.17) is 21.1 Å². The van der Waals surface area contributed by atoms with Gasteiger partial charge in [-0.25, -0.2) is 18.3 Å². The molecule has 0 aliphatic heterocycles. The number of alkyl halides is 2. The van der Waals surface area contributed by atoms with Crippen molar-refractivity contribution in [3.8, 4) is 22.6 Å². The molecule has 11 heteroatoms. The normalized spacial score (nSPS) is 12.6. The zero-order valence-electron chi connectivity index (χ0n) is 19.4. The predicted octanol–water partition coefficient (Wildman–Crippen LogP) is 4.99. The fraction of sp³-hybridized carbons (Fsp3) is 0.391. The summed E-state index contributed by atoms with van der Waals surface area (Å²) in [6, 6.07) is 5.13. The third-order valence-corrected chi connectivity index (χ3v) is 5.13. The van der Waals surface area contributed by atoms with Crippen molar-refractivity contribution in [2.75, 3.05) is 7.11 Å². The summed E-state index contributed by atoms with van der Waals surface area (Å²) in [7, 11) is 1.41. The largest absolute Gasteiger partial charge is 0.495 e. The summed E-state index contributed by atoms with van der Waals surface area (Å²) >= 11 is 6.20. The summed E-state index contributed by atoms with van der Waals surface area (Å²) in [5, 5.41) is 7.61. The highest BCUT2D eigenvalue weighted by Crippen LogP contribution is 2.35. The number of nitrogens with zero attached hydrogens (tertiary/aromatic N) is 4. The molecule has 3 rings (SSSR count). The molecule has 0 spiro atoms. The van der Waals surface area contributed by atoms with Gasteiger partial charge in [0.1, 0.15) is 23.1 Å². The van der Waals surface area contributed by atoms with E-state index in [2.05, 4.69) is 10.3 Å². The molecule has 0 fully saturated rings. The Labute approximate surface area is 200 Å². The fourth-order valence-corrected chi connectivity index (χ4v) is 3.58. The molecule has 0 aliphatic carbocycles. The second kappa shape index (κ2) is 9.92. The van der Waals surface area contributed by atoms with Gasteiger partial charge < -0.3 is 9.47 Å². The molecule has 8 nitrogen and oxygen atoms in total. The Bertz CT molecular complexity index is 1250. The van der Waals surface area contributed by atoms with E-state index in [9.17, 15) is 18.4 Å². The second-order valence-electron chi connectivity index (χ2n) is 8.51. The average Bonchev–Trinajstić information content (AvgIpc) is 3.24. The number of methoxy groups -OCH3 is 1. The molecule has 34 heavy (non-hydrogen) atoms. The van der Waals surface area contributed by atoms with Crippen LogP contribution in [0.2, 0.25) is 5.02 Å². The molecule has 0 radical (unpaired) electrons. The number of benzene rings is 1. The predicted molar refractivity (Wildman–Crippen MR) is 123 cm³/mol. The highest BCUT2D eigenvalue weighted by atomic mass is 35.5. The summed E-state index contributed by atoms with van der Waals surface area (Å²) in [6.07, 6.45) is 0.0455. The van der Waals surface area contributed by atoms with Crippen LogP contribution in [-0.4, -0.2) is 38.2 Å². The molecule has 1 atom stereocenters. The maximum atomic E-state index is 13.1. The molecule has 2 aromatic heterocycles. The number of esters is 1. The lowest BCUT2D eigenvalue weighted by atomic mass is 10.0. The Morgan fingerprint density at radius 3 is 2.44 bits per heavy atom. The molecule has 3 aromatic rings. The minimum Gasteiger partial charge on any atom is -0.495 e. The maximum absolute atomic E-state index is 13.1. The van der Waals surface area contributed by atoms with E-state index in [-0.39, 0.29) is 5.75 Å². The highest BCUT2D eigenvalue weighted by molar-refractivity contribution is 6.31. The van der Waals surface area contributed by atoms with Gasteiger partial charge in [0.15, 0.2) is 0 Å². The zero-order chi connectivity index (χ0) is 25.2. The summed E-state index contributed by atoms with van der Waals surface area (Å²) < 4.78 is 39.5. The van der Waals surface area contributed by atoms with Crippen molar-refractivity contribution >= 4 is 17.6 Å². The first kappa shape index (κ1) is 25.4. The van der Waals surface area contributed by atoms with E-state index >= 15 is 0 Å². The number of ether oxygens (including phenoxy) is 2. The molecule has 0 amide bonds. The molecular formula is C23H25ClF2N4O4. The van der Waals surface area contributed by atoms with Crippen LogP contribution < -0.4 is 10.3 Å². The van der Waals surface area contributed by atoms with Gasteiger partial charge in [-0.3, -0.25) is 9.36 Å². The van der Waals surface area contributed by atoms with Gasteiger partial charge in [0, 0.05) is 22.2 Å². The number of pyridine rings is 1. The zero-order valence-corrected chi connectivity index (χ0v) is 20.1. The lowest BCUT2D eigenvalue weighted by molar-refractivity contribution is -0.159. The van der Waals surface area contributed by atoms with Crippen molar-refractivity contribution in [1.82, 2.24) is 19.6 Å². The number of hydrogen-bond donors (Lipinski definition) is 0. The second-order valence-corrected chi connectivity index (χ2v) is 8.95. The SMILES string of the molecule is CCC(C(=O)OC(C)(C)C)n1cc(OC)c(-c2cc(Cl)ccc2-n2cc(C(F)F)nn2)cc1=O. The molecule has 1 unspecified atom stereocenters. The van der Waals surface area contributed by atoms with Crippen LogP contribution in [0.4, 0.5) is 8.78 Å². The Morgan fingerprint density at radius 2 is 1.88 bits per heavy atom. The molecule has 2 heterocycles. The van der Waals surface area contributed by atoms with Gasteiger partial charge >= 0.3 is 5.97 Å². The van der Waals surface area contributed by atoms with Crippen molar-refractivity contribution in [2.24, 2.45) is 0 Å². The number of aromatic nitrogens is 4. The Morgan fingerprint density at radius 1 is 1.18 bits per heavy atom. The molecule has 0 saturated carbocycles. The topological polar surface area (TPSA) is 88.2 Å². The minimum absolute atomic E-state index is 0.263. The van der Waals surface area contributed by atoms with Gasteiger partial charge in [-0.2, -0.15) is 0 Å². The van der Waals surface area contributed by atoms with Gasteiger partial charge in [0.25, 0.3) is 12.0 Å². The summed E-state index contributed by atoms with van der Waals surface area (Å²) in [5.41, 5.74) is -0.585. The highest BCUT2D eigenvalue weighted by Gasteiger charge is 2.27. The van der Waals surface area contributed by atoms with E-state index in [1.54, 1.807) is 45.9 Å². The van der Waals surface area contributed by atoms with Crippen molar-refractivity contribution in [3.05, 3.63) is 57.7 Å². The van der Waals surface area contributed by atoms with Gasteiger partial charge in [-0.1, -0.05) is 23.7 Å². The fourth-order valence-electron chi connectivity index (χ4n) is 3.41. The molecule has 1 aromatic carbocycles. The number of carbonyl (C=O) groups is 1. The first-order valence-corrected chi connectivity index (χ1v) is 10.9. The van der Waals surface area contributed by atoms with Crippen molar-refractivity contribution < 1.29 is 23.0 Å².